The molecule has 0 amide bonds. The van der Waals surface area contributed by atoms with Gasteiger partial charge in [-0.1, -0.05) is 103 Å². The average molecular weight is 690 g/mol. The molecule has 0 aromatic carbocycles. The molecule has 0 fully saturated rings. The Morgan fingerprint density at radius 3 is 0.638 bits per heavy atom. The van der Waals surface area contributed by atoms with Gasteiger partial charge in [0, 0.05) is 0 Å². The summed E-state index contributed by atoms with van der Waals surface area (Å²) in [7, 11) is -4.36. The molecular weight excluding hydrogens is 597 g/mol. The summed E-state index contributed by atoms with van der Waals surface area (Å²) < 4.78 is 0. The molecule has 0 unspecified atom stereocenters. The summed E-state index contributed by atoms with van der Waals surface area (Å²) in [4.78, 5) is 30.8. The zero-order chi connectivity index (χ0) is 35.0. The number of hydrogen-bond acceptors (Lipinski definition) is 4. The summed E-state index contributed by atoms with van der Waals surface area (Å²) in [6, 6.07) is 0. The van der Waals surface area contributed by atoms with Crippen molar-refractivity contribution in [3.63, 3.8) is 0 Å². The Hall–Kier alpha value is 0.270. The summed E-state index contributed by atoms with van der Waals surface area (Å²) >= 11 is 0. The maximum absolute atomic E-state index is 10.3. The van der Waals surface area contributed by atoms with Gasteiger partial charge in [0.15, 0.2) is 0 Å². The number of nitrogens with two attached hydrogens (primary N) is 1. The molecule has 0 atom stereocenters. The van der Waals surface area contributed by atoms with E-state index in [-0.39, 0.29) is 12.3 Å². The van der Waals surface area contributed by atoms with Crippen LogP contribution in [0.1, 0.15) is 252 Å². The van der Waals surface area contributed by atoms with E-state index in [0.29, 0.717) is 0 Å². The first kappa shape index (κ1) is 49.4. The molecule has 0 saturated heterocycles. The van der Waals surface area contributed by atoms with E-state index in [1.165, 1.54) is 193 Å². The molecule has 0 aromatic heterocycles. The second-order valence-corrected chi connectivity index (χ2v) is 18.8. The van der Waals surface area contributed by atoms with Crippen molar-refractivity contribution in [2.75, 3.05) is 18.9 Å². The van der Waals surface area contributed by atoms with Crippen LogP contribution in [-0.2, 0) is 0 Å². The molecule has 0 radical (unpaired) electrons. The third-order valence-electron chi connectivity index (χ3n) is 10.00. The molecule has 0 aromatic rings. The normalized spacial score (nSPS) is 12.5. The van der Waals surface area contributed by atoms with Crippen LogP contribution in [0.2, 0.25) is 0 Å². The summed E-state index contributed by atoms with van der Waals surface area (Å²) in [6.07, 6.45) is 47.6. The standard InChI is InChI=1S/C24H53O3P.C18H39N/c1-3-5-7-9-11-13-15-17-19-21-23-28(25,26,27)24-22-20-18-16-14-12-10-8-6-4-2;1-2-3-4-5-6-7-8-9-10-11-12-13-14-15-16-17-18-19/h25-27H,3-24H2,1-2H3;2-19H2,1H3. The molecule has 0 aliphatic heterocycles. The maximum atomic E-state index is 10.3. The quantitative estimate of drug-likeness (QED) is 0.0384. The van der Waals surface area contributed by atoms with Gasteiger partial charge in [-0.05, 0) is 13.0 Å². The van der Waals surface area contributed by atoms with Crippen molar-refractivity contribution in [3.8, 4) is 0 Å². The van der Waals surface area contributed by atoms with Crippen LogP contribution in [0.4, 0.5) is 0 Å². The van der Waals surface area contributed by atoms with E-state index in [1.54, 1.807) is 0 Å². The topological polar surface area (TPSA) is 86.7 Å². The Kier molecular flexibility index (Phi) is 41.0. The molecule has 0 rings (SSSR count). The molecule has 288 valence electrons. The predicted octanol–water partition coefficient (Wildman–Crippen LogP) is 14.3. The summed E-state index contributed by atoms with van der Waals surface area (Å²) in [5.74, 6) is 0. The van der Waals surface area contributed by atoms with Crippen LogP contribution in [0.3, 0.4) is 0 Å². The van der Waals surface area contributed by atoms with Gasteiger partial charge in [-0.15, -0.1) is 0 Å². The Bertz CT molecular complexity index is 522. The van der Waals surface area contributed by atoms with Gasteiger partial charge in [-0.3, -0.25) is 0 Å². The third kappa shape index (κ3) is 46.3. The molecule has 4 nitrogen and oxygen atoms in total. The molecule has 5 N–H and O–H groups in total. The zero-order valence-electron chi connectivity index (χ0n) is 32.9. The van der Waals surface area contributed by atoms with Crippen molar-refractivity contribution in [2.45, 2.75) is 252 Å². The van der Waals surface area contributed by atoms with Gasteiger partial charge in [0.1, 0.15) is 0 Å². The van der Waals surface area contributed by atoms with Gasteiger partial charge in [-0.2, -0.15) is 0 Å². The van der Waals surface area contributed by atoms with E-state index in [1.807, 2.05) is 0 Å². The van der Waals surface area contributed by atoms with Crippen molar-refractivity contribution >= 4 is 7.28 Å². The zero-order valence-corrected chi connectivity index (χ0v) is 33.8. The fourth-order valence-corrected chi connectivity index (χ4v) is 8.62. The summed E-state index contributed by atoms with van der Waals surface area (Å²) in [5.41, 5.74) is 5.48. The Balaban J connectivity index is 0. The van der Waals surface area contributed by atoms with E-state index < -0.39 is 7.28 Å². The van der Waals surface area contributed by atoms with Gasteiger partial charge in [0.2, 0.25) is 0 Å². The van der Waals surface area contributed by atoms with Crippen molar-refractivity contribution in [1.29, 1.82) is 0 Å². The first-order chi connectivity index (χ1) is 22.8. The van der Waals surface area contributed by atoms with Crippen LogP contribution in [0.15, 0.2) is 0 Å². The Labute approximate surface area is 297 Å². The van der Waals surface area contributed by atoms with Crippen molar-refractivity contribution in [2.24, 2.45) is 5.73 Å². The monoisotopic (exact) mass is 690 g/mol. The fourth-order valence-electron chi connectivity index (χ4n) is 6.65. The first-order valence-corrected chi connectivity index (χ1v) is 24.2. The Morgan fingerprint density at radius 1 is 0.277 bits per heavy atom. The second kappa shape index (κ2) is 39.1. The number of hydrogen-bond donors (Lipinski definition) is 4. The van der Waals surface area contributed by atoms with Crippen molar-refractivity contribution in [1.82, 2.24) is 0 Å². The minimum absolute atomic E-state index is 0.208. The van der Waals surface area contributed by atoms with Gasteiger partial charge in [0.05, 0.1) is 0 Å². The van der Waals surface area contributed by atoms with Crippen LogP contribution in [0.5, 0.6) is 0 Å². The van der Waals surface area contributed by atoms with Crippen LogP contribution in [-0.4, -0.2) is 33.5 Å². The first-order valence-electron chi connectivity index (χ1n) is 21.8. The van der Waals surface area contributed by atoms with Crippen molar-refractivity contribution in [3.05, 3.63) is 0 Å². The van der Waals surface area contributed by atoms with Crippen LogP contribution >= 0.6 is 7.28 Å². The van der Waals surface area contributed by atoms with Gasteiger partial charge in [0.25, 0.3) is 0 Å². The predicted molar refractivity (Wildman–Crippen MR) is 216 cm³/mol. The van der Waals surface area contributed by atoms with Crippen LogP contribution in [0, 0.1) is 0 Å². The summed E-state index contributed by atoms with van der Waals surface area (Å²) in [6.45, 7) is 7.66. The van der Waals surface area contributed by atoms with Gasteiger partial charge >= 0.3 is 177 Å². The SMILES string of the molecule is CCCCCCCCCCCCCCCCCCN.CCCCCCCCCCCCP(O)(O)(O)CCCCCCCCCCCC. The molecule has 0 spiro atoms. The third-order valence-corrected chi connectivity index (χ3v) is 12.5. The Morgan fingerprint density at radius 2 is 0.447 bits per heavy atom. The van der Waals surface area contributed by atoms with E-state index in [0.717, 1.165) is 45.1 Å². The molecule has 0 bridgehead atoms. The van der Waals surface area contributed by atoms with Crippen LogP contribution < -0.4 is 5.73 Å². The molecule has 0 saturated carbocycles. The van der Waals surface area contributed by atoms with Crippen LogP contribution in [0.25, 0.3) is 0 Å². The molecule has 0 aliphatic rings. The van der Waals surface area contributed by atoms with Gasteiger partial charge < -0.3 is 5.73 Å². The summed E-state index contributed by atoms with van der Waals surface area (Å²) in [5, 5.41) is 0. The van der Waals surface area contributed by atoms with E-state index in [2.05, 4.69) is 20.8 Å². The van der Waals surface area contributed by atoms with Gasteiger partial charge in [-0.25, -0.2) is 0 Å². The molecular formula is C42H92NO3P. The second-order valence-electron chi connectivity index (χ2n) is 15.2. The molecule has 5 heteroatoms. The average Bonchev–Trinajstić information content (AvgIpc) is 3.05. The molecule has 47 heavy (non-hydrogen) atoms. The molecule has 0 aliphatic carbocycles. The number of rotatable bonds is 38. The fraction of sp³-hybridized carbons (Fsp3) is 1.00. The van der Waals surface area contributed by atoms with E-state index >= 15 is 0 Å². The minimum atomic E-state index is -4.36. The van der Waals surface area contributed by atoms with E-state index in [4.69, 9.17) is 5.73 Å². The van der Waals surface area contributed by atoms with E-state index in [9.17, 15) is 14.7 Å². The number of unbranched alkanes of at least 4 members (excludes halogenated alkanes) is 33. The molecule has 0 heterocycles. The van der Waals surface area contributed by atoms with Crippen molar-refractivity contribution < 1.29 is 14.7 Å².